The third kappa shape index (κ3) is 2.25. The summed E-state index contributed by atoms with van der Waals surface area (Å²) in [6, 6.07) is 0. The fourth-order valence-electron chi connectivity index (χ4n) is 2.07. The lowest BCUT2D eigenvalue weighted by Gasteiger charge is -2.13. The fraction of sp³-hybridized carbons (Fsp3) is 0.800. The van der Waals surface area contributed by atoms with E-state index in [0.717, 1.165) is 0 Å². The zero-order valence-corrected chi connectivity index (χ0v) is 8.53. The Morgan fingerprint density at radius 1 is 1.36 bits per heavy atom. The van der Waals surface area contributed by atoms with E-state index in [2.05, 4.69) is 0 Å². The topological polar surface area (TPSA) is 63.6 Å². The van der Waals surface area contributed by atoms with Gasteiger partial charge in [0.05, 0.1) is 18.4 Å². The molecule has 0 saturated heterocycles. The van der Waals surface area contributed by atoms with E-state index in [1.807, 2.05) is 6.92 Å². The van der Waals surface area contributed by atoms with E-state index < -0.39 is 17.8 Å². The maximum atomic E-state index is 11.4. The molecule has 1 aliphatic rings. The van der Waals surface area contributed by atoms with Gasteiger partial charge in [0.15, 0.2) is 0 Å². The van der Waals surface area contributed by atoms with Crippen molar-refractivity contribution in [1.82, 2.24) is 0 Å². The lowest BCUT2D eigenvalue weighted by atomic mass is 9.96. The second-order valence-electron chi connectivity index (χ2n) is 3.88. The van der Waals surface area contributed by atoms with Crippen LogP contribution in [0.25, 0.3) is 0 Å². The summed E-state index contributed by atoms with van der Waals surface area (Å²) in [6.45, 7) is 4.01. The molecule has 0 amide bonds. The largest absolute Gasteiger partial charge is 0.481 e. The van der Waals surface area contributed by atoms with Crippen molar-refractivity contribution >= 4 is 11.9 Å². The lowest BCUT2D eigenvalue weighted by Crippen LogP contribution is -2.26. The molecular weight excluding hydrogens is 184 g/mol. The summed E-state index contributed by atoms with van der Waals surface area (Å²) in [5, 5.41) is 8.91. The number of rotatable bonds is 3. The molecule has 0 aromatic rings. The first-order valence-electron chi connectivity index (χ1n) is 4.95. The van der Waals surface area contributed by atoms with E-state index in [9.17, 15) is 9.59 Å². The molecule has 1 N–H and O–H groups in total. The molecule has 80 valence electrons. The van der Waals surface area contributed by atoms with Gasteiger partial charge in [-0.05, 0) is 25.7 Å². The highest BCUT2D eigenvalue weighted by atomic mass is 16.5. The van der Waals surface area contributed by atoms with Crippen LogP contribution in [0.15, 0.2) is 0 Å². The van der Waals surface area contributed by atoms with Crippen molar-refractivity contribution in [2.75, 3.05) is 6.61 Å². The Kier molecular flexibility index (Phi) is 3.49. The third-order valence-electron chi connectivity index (χ3n) is 2.70. The average Bonchev–Trinajstić information content (AvgIpc) is 2.48. The first-order valence-corrected chi connectivity index (χ1v) is 4.95. The van der Waals surface area contributed by atoms with Gasteiger partial charge in [0.1, 0.15) is 0 Å². The molecular formula is C10H16O4. The Bertz CT molecular complexity index is 236. The smallest absolute Gasteiger partial charge is 0.309 e. The summed E-state index contributed by atoms with van der Waals surface area (Å²) >= 11 is 0. The highest BCUT2D eigenvalue weighted by Crippen LogP contribution is 2.37. The van der Waals surface area contributed by atoms with E-state index in [-0.39, 0.29) is 5.97 Å². The molecule has 1 fully saturated rings. The Morgan fingerprint density at radius 2 is 1.93 bits per heavy atom. The van der Waals surface area contributed by atoms with Gasteiger partial charge in [0.25, 0.3) is 0 Å². The molecule has 0 aromatic heterocycles. The molecule has 3 unspecified atom stereocenters. The van der Waals surface area contributed by atoms with Crippen molar-refractivity contribution in [1.29, 1.82) is 0 Å². The minimum absolute atomic E-state index is 0.297. The molecule has 0 spiro atoms. The average molecular weight is 200 g/mol. The summed E-state index contributed by atoms with van der Waals surface area (Å²) in [5.74, 6) is -1.94. The maximum absolute atomic E-state index is 11.4. The van der Waals surface area contributed by atoms with Gasteiger partial charge in [0.2, 0.25) is 0 Å². The van der Waals surface area contributed by atoms with Crippen LogP contribution in [0.5, 0.6) is 0 Å². The molecule has 4 heteroatoms. The zero-order chi connectivity index (χ0) is 10.7. The van der Waals surface area contributed by atoms with Crippen molar-refractivity contribution in [2.24, 2.45) is 17.8 Å². The van der Waals surface area contributed by atoms with E-state index in [1.165, 1.54) is 0 Å². The van der Waals surface area contributed by atoms with Crippen LogP contribution in [-0.2, 0) is 14.3 Å². The second kappa shape index (κ2) is 4.44. The number of hydrogen-bond acceptors (Lipinski definition) is 3. The summed E-state index contributed by atoms with van der Waals surface area (Å²) in [6.07, 6.45) is 1.22. The number of carboxylic acid groups (broad SMARTS) is 1. The molecule has 0 aliphatic heterocycles. The second-order valence-corrected chi connectivity index (χ2v) is 3.88. The number of carboxylic acids is 1. The predicted molar refractivity (Wildman–Crippen MR) is 49.6 cm³/mol. The molecule has 0 radical (unpaired) electrons. The number of aliphatic carboxylic acids is 1. The first-order chi connectivity index (χ1) is 6.56. The van der Waals surface area contributed by atoms with Gasteiger partial charge in [0, 0.05) is 0 Å². The number of carbonyl (C=O) groups excluding carboxylic acids is 1. The van der Waals surface area contributed by atoms with E-state index >= 15 is 0 Å². The van der Waals surface area contributed by atoms with E-state index in [4.69, 9.17) is 9.84 Å². The molecule has 0 aromatic carbocycles. The molecule has 0 bridgehead atoms. The fourth-order valence-corrected chi connectivity index (χ4v) is 2.07. The van der Waals surface area contributed by atoms with Gasteiger partial charge >= 0.3 is 11.9 Å². The van der Waals surface area contributed by atoms with E-state index in [0.29, 0.717) is 25.4 Å². The molecule has 4 nitrogen and oxygen atoms in total. The minimum Gasteiger partial charge on any atom is -0.481 e. The third-order valence-corrected chi connectivity index (χ3v) is 2.70. The molecule has 0 heterocycles. The van der Waals surface area contributed by atoms with Crippen LogP contribution in [-0.4, -0.2) is 23.7 Å². The molecule has 3 atom stereocenters. The minimum atomic E-state index is -0.882. The Balaban J connectivity index is 2.66. The molecule has 1 rings (SSSR count). The quantitative estimate of drug-likeness (QED) is 0.697. The van der Waals surface area contributed by atoms with Crippen molar-refractivity contribution in [2.45, 2.75) is 26.7 Å². The van der Waals surface area contributed by atoms with Crippen LogP contribution in [0.2, 0.25) is 0 Å². The van der Waals surface area contributed by atoms with Crippen LogP contribution in [0, 0.1) is 17.8 Å². The molecule has 1 saturated carbocycles. The number of esters is 1. The summed E-state index contributed by atoms with van der Waals surface area (Å²) in [5.41, 5.74) is 0. The molecule has 1 aliphatic carbocycles. The van der Waals surface area contributed by atoms with Crippen LogP contribution >= 0.6 is 0 Å². The Hall–Kier alpha value is -1.06. The van der Waals surface area contributed by atoms with Gasteiger partial charge in [-0.2, -0.15) is 0 Å². The Labute approximate surface area is 83.2 Å². The number of hydrogen-bond donors (Lipinski definition) is 1. The lowest BCUT2D eigenvalue weighted by molar-refractivity contribution is -0.156. The van der Waals surface area contributed by atoms with Gasteiger partial charge in [-0.3, -0.25) is 9.59 Å². The summed E-state index contributed by atoms with van der Waals surface area (Å²) in [4.78, 5) is 22.3. The van der Waals surface area contributed by atoms with Crippen molar-refractivity contribution in [3.63, 3.8) is 0 Å². The van der Waals surface area contributed by atoms with Crippen molar-refractivity contribution < 1.29 is 19.4 Å². The van der Waals surface area contributed by atoms with Gasteiger partial charge < -0.3 is 9.84 Å². The van der Waals surface area contributed by atoms with E-state index in [1.54, 1.807) is 6.92 Å². The monoisotopic (exact) mass is 200 g/mol. The van der Waals surface area contributed by atoms with Crippen molar-refractivity contribution in [3.05, 3.63) is 0 Å². The molecule has 14 heavy (non-hydrogen) atoms. The summed E-state index contributed by atoms with van der Waals surface area (Å²) < 4.78 is 4.85. The van der Waals surface area contributed by atoms with Crippen molar-refractivity contribution in [3.8, 4) is 0 Å². The summed E-state index contributed by atoms with van der Waals surface area (Å²) in [7, 11) is 0. The highest BCUT2D eigenvalue weighted by Gasteiger charge is 2.41. The maximum Gasteiger partial charge on any atom is 0.309 e. The van der Waals surface area contributed by atoms with Crippen LogP contribution < -0.4 is 0 Å². The first kappa shape index (κ1) is 11.0. The van der Waals surface area contributed by atoms with Crippen LogP contribution in [0.3, 0.4) is 0 Å². The van der Waals surface area contributed by atoms with Crippen LogP contribution in [0.4, 0.5) is 0 Å². The standard InChI is InChI=1S/C10H16O4/c1-3-14-10(13)8-5-6(2)4-7(8)9(11)12/h6-8H,3-5H2,1-2H3,(H,11,12). The van der Waals surface area contributed by atoms with Gasteiger partial charge in [-0.15, -0.1) is 0 Å². The Morgan fingerprint density at radius 3 is 2.43 bits per heavy atom. The predicted octanol–water partition coefficient (Wildman–Crippen LogP) is 1.30. The van der Waals surface area contributed by atoms with Crippen LogP contribution in [0.1, 0.15) is 26.7 Å². The zero-order valence-electron chi connectivity index (χ0n) is 8.53. The van der Waals surface area contributed by atoms with Gasteiger partial charge in [-0.25, -0.2) is 0 Å². The number of carbonyl (C=O) groups is 2. The SMILES string of the molecule is CCOC(=O)C1CC(C)CC1C(=O)O. The highest BCUT2D eigenvalue weighted by molar-refractivity contribution is 5.81. The number of ether oxygens (including phenoxy) is 1. The normalized spacial score (nSPS) is 31.4. The van der Waals surface area contributed by atoms with Gasteiger partial charge in [-0.1, -0.05) is 6.92 Å².